The maximum absolute atomic E-state index is 5.88. The first-order chi connectivity index (χ1) is 8.89. The van der Waals surface area contributed by atoms with Crippen LogP contribution in [-0.4, -0.2) is 24.5 Å². The zero-order valence-corrected chi connectivity index (χ0v) is 13.2. The minimum absolute atomic E-state index is 0.175. The molecule has 1 rings (SSSR count). The fourth-order valence-corrected chi connectivity index (χ4v) is 2.37. The average Bonchev–Trinajstić information content (AvgIpc) is 2.38. The van der Waals surface area contributed by atoms with Crippen LogP contribution in [0.4, 0.5) is 0 Å². The highest BCUT2D eigenvalue weighted by Crippen LogP contribution is 2.25. The summed E-state index contributed by atoms with van der Waals surface area (Å²) in [4.78, 5) is 2.55. The van der Waals surface area contributed by atoms with Crippen LogP contribution < -0.4 is 5.73 Å². The van der Waals surface area contributed by atoms with Gasteiger partial charge in [0.15, 0.2) is 0 Å². The second-order valence-corrected chi connectivity index (χ2v) is 6.43. The molecule has 2 N–H and O–H groups in total. The molecule has 1 atom stereocenters. The van der Waals surface area contributed by atoms with Crippen molar-refractivity contribution < 1.29 is 0 Å². The highest BCUT2D eigenvalue weighted by Gasteiger charge is 2.23. The minimum Gasteiger partial charge on any atom is -0.330 e. The van der Waals surface area contributed by atoms with Crippen LogP contribution in [0.5, 0.6) is 0 Å². The van der Waals surface area contributed by atoms with E-state index in [4.69, 9.17) is 5.73 Å². The van der Waals surface area contributed by atoms with Crippen molar-refractivity contribution in [3.05, 3.63) is 35.4 Å². The van der Waals surface area contributed by atoms with Gasteiger partial charge in [-0.25, -0.2) is 0 Å². The number of hydrogen-bond acceptors (Lipinski definition) is 2. The van der Waals surface area contributed by atoms with Crippen molar-refractivity contribution in [1.82, 2.24) is 4.90 Å². The van der Waals surface area contributed by atoms with Gasteiger partial charge in [0.25, 0.3) is 0 Å². The van der Waals surface area contributed by atoms with Gasteiger partial charge in [-0.2, -0.15) is 0 Å². The van der Waals surface area contributed by atoms with E-state index in [9.17, 15) is 0 Å². The van der Waals surface area contributed by atoms with Crippen molar-refractivity contribution in [3.8, 4) is 0 Å². The summed E-state index contributed by atoms with van der Waals surface area (Å²) < 4.78 is 0. The third kappa shape index (κ3) is 4.96. The van der Waals surface area contributed by atoms with E-state index in [2.05, 4.69) is 63.8 Å². The van der Waals surface area contributed by atoms with Crippen LogP contribution >= 0.6 is 0 Å². The van der Waals surface area contributed by atoms with E-state index in [-0.39, 0.29) is 5.41 Å². The van der Waals surface area contributed by atoms with Gasteiger partial charge in [-0.05, 0) is 44.3 Å². The molecule has 0 saturated heterocycles. The second kappa shape index (κ2) is 7.06. The SMILES string of the molecule is CCCN(CC(C)(C)CN)C(C)c1ccc(C)cc1. The van der Waals surface area contributed by atoms with Gasteiger partial charge in [-0.3, -0.25) is 4.90 Å². The maximum Gasteiger partial charge on any atom is 0.0320 e. The van der Waals surface area contributed by atoms with Crippen LogP contribution in [-0.2, 0) is 0 Å². The molecule has 0 radical (unpaired) electrons. The zero-order chi connectivity index (χ0) is 14.5. The molecule has 2 nitrogen and oxygen atoms in total. The van der Waals surface area contributed by atoms with Crippen LogP contribution in [0.1, 0.15) is 51.3 Å². The lowest BCUT2D eigenvalue weighted by Crippen LogP contribution is -2.40. The van der Waals surface area contributed by atoms with Crippen LogP contribution in [0.25, 0.3) is 0 Å². The first-order valence-corrected chi connectivity index (χ1v) is 7.40. The Labute approximate surface area is 119 Å². The number of aryl methyl sites for hydroxylation is 1. The number of nitrogens with two attached hydrogens (primary N) is 1. The Kier molecular flexibility index (Phi) is 6.02. The standard InChI is InChI=1S/C17H30N2/c1-6-11-19(13-17(4,5)12-18)15(3)16-9-7-14(2)8-10-16/h7-10,15H,6,11-13,18H2,1-5H3. The van der Waals surface area contributed by atoms with E-state index >= 15 is 0 Å². The molecule has 0 saturated carbocycles. The minimum atomic E-state index is 0.175. The molecule has 0 spiro atoms. The number of hydrogen-bond donors (Lipinski definition) is 1. The number of nitrogens with zero attached hydrogens (tertiary/aromatic N) is 1. The molecule has 0 aliphatic heterocycles. The lowest BCUT2D eigenvalue weighted by atomic mass is 9.91. The zero-order valence-electron chi connectivity index (χ0n) is 13.2. The highest BCUT2D eigenvalue weighted by atomic mass is 15.2. The summed E-state index contributed by atoms with van der Waals surface area (Å²) >= 11 is 0. The predicted octanol–water partition coefficient (Wildman–Crippen LogP) is 3.75. The summed E-state index contributed by atoms with van der Waals surface area (Å²) in [7, 11) is 0. The normalized spacial score (nSPS) is 13.8. The molecular formula is C17H30N2. The molecule has 0 amide bonds. The van der Waals surface area contributed by atoms with Gasteiger partial charge in [-0.1, -0.05) is 50.6 Å². The van der Waals surface area contributed by atoms with Gasteiger partial charge >= 0.3 is 0 Å². The molecule has 0 aromatic heterocycles. The first-order valence-electron chi connectivity index (χ1n) is 7.40. The van der Waals surface area contributed by atoms with Crippen LogP contribution in [0.3, 0.4) is 0 Å². The van der Waals surface area contributed by atoms with Gasteiger partial charge in [-0.15, -0.1) is 0 Å². The smallest absolute Gasteiger partial charge is 0.0320 e. The van der Waals surface area contributed by atoms with Crippen molar-refractivity contribution in [2.45, 2.75) is 47.1 Å². The van der Waals surface area contributed by atoms with Gasteiger partial charge < -0.3 is 5.73 Å². The Morgan fingerprint density at radius 2 is 1.79 bits per heavy atom. The topological polar surface area (TPSA) is 29.3 Å². The number of rotatable bonds is 7. The maximum atomic E-state index is 5.88. The van der Waals surface area contributed by atoms with Crippen molar-refractivity contribution in [2.75, 3.05) is 19.6 Å². The first kappa shape index (κ1) is 16.2. The fourth-order valence-electron chi connectivity index (χ4n) is 2.37. The monoisotopic (exact) mass is 262 g/mol. The Hall–Kier alpha value is -0.860. The summed E-state index contributed by atoms with van der Waals surface area (Å²) in [6.45, 7) is 14.1. The molecule has 1 aromatic rings. The number of benzene rings is 1. The summed E-state index contributed by atoms with van der Waals surface area (Å²) in [6.07, 6.45) is 1.18. The third-order valence-corrected chi connectivity index (χ3v) is 3.80. The average molecular weight is 262 g/mol. The Bertz CT molecular complexity index is 367. The molecule has 19 heavy (non-hydrogen) atoms. The van der Waals surface area contributed by atoms with E-state index in [1.165, 1.54) is 17.5 Å². The molecule has 108 valence electrons. The molecular weight excluding hydrogens is 232 g/mol. The van der Waals surface area contributed by atoms with Crippen molar-refractivity contribution in [1.29, 1.82) is 0 Å². The molecule has 0 bridgehead atoms. The molecule has 2 heteroatoms. The van der Waals surface area contributed by atoms with Crippen molar-refractivity contribution in [3.63, 3.8) is 0 Å². The molecule has 0 fully saturated rings. The summed E-state index contributed by atoms with van der Waals surface area (Å²) in [6, 6.07) is 9.34. The van der Waals surface area contributed by atoms with Gasteiger partial charge in [0, 0.05) is 12.6 Å². The van der Waals surface area contributed by atoms with E-state index in [0.29, 0.717) is 6.04 Å². The third-order valence-electron chi connectivity index (χ3n) is 3.80. The van der Waals surface area contributed by atoms with Crippen LogP contribution in [0.15, 0.2) is 24.3 Å². The molecule has 0 aliphatic rings. The predicted molar refractivity (Wildman–Crippen MR) is 84.3 cm³/mol. The molecule has 1 unspecified atom stereocenters. The highest BCUT2D eigenvalue weighted by molar-refractivity contribution is 5.23. The van der Waals surface area contributed by atoms with Gasteiger partial charge in [0.2, 0.25) is 0 Å². The fraction of sp³-hybridized carbons (Fsp3) is 0.647. The van der Waals surface area contributed by atoms with Crippen LogP contribution in [0.2, 0.25) is 0 Å². The lowest BCUT2D eigenvalue weighted by Gasteiger charge is -2.36. The van der Waals surface area contributed by atoms with E-state index in [1.54, 1.807) is 0 Å². The van der Waals surface area contributed by atoms with Crippen molar-refractivity contribution in [2.24, 2.45) is 11.1 Å². The summed E-state index contributed by atoms with van der Waals surface area (Å²) in [5.74, 6) is 0. The molecule has 0 heterocycles. The summed E-state index contributed by atoms with van der Waals surface area (Å²) in [5, 5.41) is 0. The van der Waals surface area contributed by atoms with E-state index < -0.39 is 0 Å². The summed E-state index contributed by atoms with van der Waals surface area (Å²) in [5.41, 5.74) is 8.77. The van der Waals surface area contributed by atoms with Gasteiger partial charge in [0.1, 0.15) is 0 Å². The van der Waals surface area contributed by atoms with Crippen molar-refractivity contribution >= 4 is 0 Å². The van der Waals surface area contributed by atoms with E-state index in [0.717, 1.165) is 19.6 Å². The largest absolute Gasteiger partial charge is 0.330 e. The molecule has 0 aliphatic carbocycles. The quantitative estimate of drug-likeness (QED) is 0.811. The lowest BCUT2D eigenvalue weighted by molar-refractivity contribution is 0.140. The Balaban J connectivity index is 2.83. The van der Waals surface area contributed by atoms with Crippen LogP contribution in [0, 0.1) is 12.3 Å². The van der Waals surface area contributed by atoms with E-state index in [1.807, 2.05) is 0 Å². The second-order valence-electron chi connectivity index (χ2n) is 6.43. The molecule has 1 aromatic carbocycles. The Morgan fingerprint density at radius 3 is 2.26 bits per heavy atom. The Morgan fingerprint density at radius 1 is 1.21 bits per heavy atom. The van der Waals surface area contributed by atoms with Gasteiger partial charge in [0.05, 0.1) is 0 Å².